The minimum atomic E-state index is -3.64. The number of nitrogens with zero attached hydrogens (tertiary/aromatic N) is 2. The van der Waals surface area contributed by atoms with E-state index in [1.807, 2.05) is 13.1 Å². The van der Waals surface area contributed by atoms with Crippen molar-refractivity contribution in [3.8, 4) is 6.07 Å². The quantitative estimate of drug-likeness (QED) is 0.915. The molecule has 0 radical (unpaired) electrons. The highest BCUT2D eigenvalue weighted by molar-refractivity contribution is 7.89. The molecule has 0 aromatic heterocycles. The maximum Gasteiger partial charge on any atom is 0.242 e. The number of nitriles is 1. The van der Waals surface area contributed by atoms with Crippen molar-refractivity contribution in [1.29, 1.82) is 5.26 Å². The average Bonchev–Trinajstić information content (AvgIpc) is 2.45. The predicted octanol–water partition coefficient (Wildman–Crippen LogP) is 1.83. The van der Waals surface area contributed by atoms with Crippen LogP contribution < -0.4 is 4.72 Å². The molecule has 1 heterocycles. The number of likely N-dealkylation sites (tertiary alicyclic amines) is 1. The van der Waals surface area contributed by atoms with Crippen LogP contribution in [-0.4, -0.2) is 40.0 Å². The second-order valence-electron chi connectivity index (χ2n) is 5.38. The molecule has 21 heavy (non-hydrogen) atoms. The lowest BCUT2D eigenvalue weighted by Gasteiger charge is -2.29. The summed E-state index contributed by atoms with van der Waals surface area (Å²) in [7, 11) is -1.60. The van der Waals surface area contributed by atoms with Crippen molar-refractivity contribution in [3.05, 3.63) is 28.8 Å². The van der Waals surface area contributed by atoms with Crippen molar-refractivity contribution >= 4 is 21.6 Å². The van der Waals surface area contributed by atoms with Crippen LogP contribution in [-0.2, 0) is 10.0 Å². The number of benzene rings is 1. The molecule has 5 nitrogen and oxygen atoms in total. The molecule has 1 atom stereocenters. The van der Waals surface area contributed by atoms with Gasteiger partial charge in [0.15, 0.2) is 0 Å². The zero-order valence-corrected chi connectivity index (χ0v) is 13.4. The molecule has 1 unspecified atom stereocenters. The molecule has 1 aliphatic heterocycles. The lowest BCUT2D eigenvalue weighted by atomic mass is 9.99. The highest BCUT2D eigenvalue weighted by Gasteiger charge is 2.22. The number of sulfonamides is 1. The molecule has 0 bridgehead atoms. The molecule has 1 aliphatic rings. The zero-order valence-electron chi connectivity index (χ0n) is 11.8. The Morgan fingerprint density at radius 1 is 1.52 bits per heavy atom. The molecular formula is C14H18ClN3O2S. The Morgan fingerprint density at radius 2 is 2.29 bits per heavy atom. The number of hydrogen-bond donors (Lipinski definition) is 1. The van der Waals surface area contributed by atoms with Gasteiger partial charge in [-0.25, -0.2) is 13.1 Å². The standard InChI is InChI=1S/C14H18ClN3O2S/c1-18-6-2-3-12(10-18)9-17-21(19,20)14-5-4-11(8-16)7-13(14)15/h4-5,7,12,17H,2-3,6,9-10H2,1H3. The van der Waals surface area contributed by atoms with Crippen LogP contribution in [0.15, 0.2) is 23.1 Å². The Balaban J connectivity index is 2.06. The van der Waals surface area contributed by atoms with Crippen LogP contribution in [0.5, 0.6) is 0 Å². The third-order valence-electron chi connectivity index (χ3n) is 3.63. The predicted molar refractivity (Wildman–Crippen MR) is 81.6 cm³/mol. The topological polar surface area (TPSA) is 73.2 Å². The maximum absolute atomic E-state index is 12.3. The van der Waals surface area contributed by atoms with Gasteiger partial charge >= 0.3 is 0 Å². The van der Waals surface area contributed by atoms with E-state index in [0.29, 0.717) is 18.0 Å². The molecule has 1 aromatic rings. The summed E-state index contributed by atoms with van der Waals surface area (Å²) >= 11 is 5.96. The molecular weight excluding hydrogens is 310 g/mol. The van der Waals surface area contributed by atoms with E-state index in [0.717, 1.165) is 25.9 Å². The van der Waals surface area contributed by atoms with E-state index in [1.54, 1.807) is 0 Å². The number of rotatable bonds is 4. The van der Waals surface area contributed by atoms with Gasteiger partial charge < -0.3 is 4.90 Å². The van der Waals surface area contributed by atoms with E-state index in [1.165, 1.54) is 18.2 Å². The van der Waals surface area contributed by atoms with Crippen molar-refractivity contribution in [2.75, 3.05) is 26.7 Å². The van der Waals surface area contributed by atoms with Crippen LogP contribution in [0.3, 0.4) is 0 Å². The molecule has 0 amide bonds. The van der Waals surface area contributed by atoms with Crippen LogP contribution in [0, 0.1) is 17.2 Å². The minimum Gasteiger partial charge on any atom is -0.306 e. The summed E-state index contributed by atoms with van der Waals surface area (Å²) in [5.41, 5.74) is 0.341. The van der Waals surface area contributed by atoms with Gasteiger partial charge in [0.1, 0.15) is 4.90 Å². The molecule has 0 spiro atoms. The van der Waals surface area contributed by atoms with E-state index in [2.05, 4.69) is 9.62 Å². The Bertz CT molecular complexity index is 655. The van der Waals surface area contributed by atoms with Gasteiger partial charge in [0.25, 0.3) is 0 Å². The van der Waals surface area contributed by atoms with E-state index >= 15 is 0 Å². The van der Waals surface area contributed by atoms with Gasteiger partial charge in [-0.15, -0.1) is 0 Å². The molecule has 1 aromatic carbocycles. The van der Waals surface area contributed by atoms with E-state index in [4.69, 9.17) is 16.9 Å². The maximum atomic E-state index is 12.3. The van der Waals surface area contributed by atoms with Gasteiger partial charge in [-0.2, -0.15) is 5.26 Å². The van der Waals surface area contributed by atoms with Gasteiger partial charge in [-0.05, 0) is 50.6 Å². The summed E-state index contributed by atoms with van der Waals surface area (Å²) in [6.45, 7) is 2.36. The zero-order chi connectivity index (χ0) is 15.5. The molecule has 1 N–H and O–H groups in total. The van der Waals surface area contributed by atoms with Crippen LogP contribution in [0.4, 0.5) is 0 Å². The van der Waals surface area contributed by atoms with Crippen molar-refractivity contribution in [1.82, 2.24) is 9.62 Å². The number of halogens is 1. The van der Waals surface area contributed by atoms with Crippen molar-refractivity contribution in [3.63, 3.8) is 0 Å². The molecule has 2 rings (SSSR count). The second kappa shape index (κ2) is 6.75. The second-order valence-corrected chi connectivity index (χ2v) is 7.52. The third-order valence-corrected chi connectivity index (χ3v) is 5.54. The van der Waals surface area contributed by atoms with Gasteiger partial charge in [0, 0.05) is 13.1 Å². The van der Waals surface area contributed by atoms with E-state index in [9.17, 15) is 8.42 Å². The van der Waals surface area contributed by atoms with Gasteiger partial charge in [-0.1, -0.05) is 11.6 Å². The lowest BCUT2D eigenvalue weighted by molar-refractivity contribution is 0.211. The Morgan fingerprint density at radius 3 is 2.90 bits per heavy atom. The fourth-order valence-corrected chi connectivity index (χ4v) is 4.19. The Hall–Kier alpha value is -1.13. The van der Waals surface area contributed by atoms with Crippen LogP contribution in [0.1, 0.15) is 18.4 Å². The van der Waals surface area contributed by atoms with Crippen LogP contribution in [0.2, 0.25) is 5.02 Å². The summed E-state index contributed by atoms with van der Waals surface area (Å²) in [6.07, 6.45) is 2.11. The normalized spacial score (nSPS) is 20.1. The van der Waals surface area contributed by atoms with Crippen molar-refractivity contribution in [2.24, 2.45) is 5.92 Å². The summed E-state index contributed by atoms with van der Waals surface area (Å²) < 4.78 is 27.2. The third kappa shape index (κ3) is 4.17. The smallest absolute Gasteiger partial charge is 0.242 e. The Kier molecular flexibility index (Phi) is 5.22. The summed E-state index contributed by atoms with van der Waals surface area (Å²) in [6, 6.07) is 6.12. The van der Waals surface area contributed by atoms with Gasteiger partial charge in [-0.3, -0.25) is 0 Å². The number of hydrogen-bond acceptors (Lipinski definition) is 4. The minimum absolute atomic E-state index is 0.0207. The molecule has 7 heteroatoms. The summed E-state index contributed by atoms with van der Waals surface area (Å²) in [5, 5.41) is 8.85. The molecule has 1 saturated heterocycles. The largest absolute Gasteiger partial charge is 0.306 e. The fraction of sp³-hybridized carbons (Fsp3) is 0.500. The van der Waals surface area contributed by atoms with Crippen molar-refractivity contribution < 1.29 is 8.42 Å². The summed E-state index contributed by atoms with van der Waals surface area (Å²) in [4.78, 5) is 2.23. The first kappa shape index (κ1) is 16.2. The number of nitrogens with one attached hydrogen (secondary N) is 1. The highest BCUT2D eigenvalue weighted by atomic mass is 35.5. The monoisotopic (exact) mass is 327 g/mol. The summed E-state index contributed by atoms with van der Waals surface area (Å²) in [5.74, 6) is 0.315. The first-order chi connectivity index (χ1) is 9.92. The molecule has 0 aliphatic carbocycles. The van der Waals surface area contributed by atoms with Crippen LogP contribution >= 0.6 is 11.6 Å². The number of piperidine rings is 1. The lowest BCUT2D eigenvalue weighted by Crippen LogP contribution is -2.39. The van der Waals surface area contributed by atoms with Crippen molar-refractivity contribution in [2.45, 2.75) is 17.7 Å². The SMILES string of the molecule is CN1CCCC(CNS(=O)(=O)c2ccc(C#N)cc2Cl)C1. The first-order valence-electron chi connectivity index (χ1n) is 6.80. The van der Waals surface area contributed by atoms with Crippen LogP contribution in [0.25, 0.3) is 0 Å². The average molecular weight is 328 g/mol. The van der Waals surface area contributed by atoms with E-state index in [-0.39, 0.29) is 9.92 Å². The first-order valence-corrected chi connectivity index (χ1v) is 8.66. The molecule has 1 fully saturated rings. The van der Waals surface area contributed by atoms with E-state index < -0.39 is 10.0 Å². The van der Waals surface area contributed by atoms with Gasteiger partial charge in [0.05, 0.1) is 16.7 Å². The Labute approximate surface area is 130 Å². The van der Waals surface area contributed by atoms with Gasteiger partial charge in [0.2, 0.25) is 10.0 Å². The highest BCUT2D eigenvalue weighted by Crippen LogP contribution is 2.23. The fourth-order valence-electron chi connectivity index (χ4n) is 2.53. The molecule has 114 valence electrons. The molecule has 0 saturated carbocycles.